The van der Waals surface area contributed by atoms with Gasteiger partial charge in [0.25, 0.3) is 0 Å². The van der Waals surface area contributed by atoms with E-state index < -0.39 is 0 Å². The normalized spacial score (nSPS) is 28.7. The summed E-state index contributed by atoms with van der Waals surface area (Å²) in [6.45, 7) is 1.36. The molecule has 2 bridgehead atoms. The van der Waals surface area contributed by atoms with Crippen molar-refractivity contribution in [1.29, 1.82) is 0 Å². The maximum Gasteiger partial charge on any atom is 0.317 e. The SMILES string of the molecule is COC1CC2CC1CN2C(=O)NCc1cccnc1. The molecule has 102 valence electrons. The van der Waals surface area contributed by atoms with Gasteiger partial charge in [0.05, 0.1) is 6.10 Å². The Kier molecular flexibility index (Phi) is 3.38. The minimum atomic E-state index is 0.0332. The number of hydrogen-bond acceptors (Lipinski definition) is 3. The second-order valence-electron chi connectivity index (χ2n) is 5.33. The maximum absolute atomic E-state index is 12.2. The number of aromatic nitrogens is 1. The van der Waals surface area contributed by atoms with Gasteiger partial charge in [-0.1, -0.05) is 6.07 Å². The van der Waals surface area contributed by atoms with Gasteiger partial charge in [0.2, 0.25) is 0 Å². The Morgan fingerprint density at radius 1 is 1.58 bits per heavy atom. The summed E-state index contributed by atoms with van der Waals surface area (Å²) in [4.78, 5) is 18.1. The van der Waals surface area contributed by atoms with Crippen molar-refractivity contribution >= 4 is 6.03 Å². The molecule has 2 aliphatic rings. The van der Waals surface area contributed by atoms with Crippen LogP contribution in [0.3, 0.4) is 0 Å². The lowest BCUT2D eigenvalue weighted by Crippen LogP contribution is -2.46. The third-order valence-electron chi connectivity index (χ3n) is 4.21. The number of carbonyl (C=O) groups is 1. The van der Waals surface area contributed by atoms with Crippen molar-refractivity contribution in [1.82, 2.24) is 15.2 Å². The zero-order valence-electron chi connectivity index (χ0n) is 11.1. The first-order valence-corrected chi connectivity index (χ1v) is 6.74. The lowest BCUT2D eigenvalue weighted by molar-refractivity contribution is 0.0413. The van der Waals surface area contributed by atoms with Crippen molar-refractivity contribution in [3.63, 3.8) is 0 Å². The summed E-state index contributed by atoms with van der Waals surface area (Å²) in [6.07, 6.45) is 5.90. The van der Waals surface area contributed by atoms with E-state index in [1.54, 1.807) is 19.5 Å². The molecule has 1 saturated heterocycles. The van der Waals surface area contributed by atoms with E-state index in [-0.39, 0.29) is 6.03 Å². The zero-order valence-corrected chi connectivity index (χ0v) is 11.1. The Hall–Kier alpha value is -1.62. The third-order valence-corrected chi connectivity index (χ3v) is 4.21. The summed E-state index contributed by atoms with van der Waals surface area (Å²) < 4.78 is 5.44. The highest BCUT2D eigenvalue weighted by atomic mass is 16.5. The predicted octanol–water partition coefficient (Wildman–Crippen LogP) is 1.40. The van der Waals surface area contributed by atoms with Gasteiger partial charge in [-0.15, -0.1) is 0 Å². The van der Waals surface area contributed by atoms with Gasteiger partial charge in [0, 0.05) is 44.6 Å². The number of ether oxygens (including phenoxy) is 1. The number of amides is 2. The number of hydrogen-bond donors (Lipinski definition) is 1. The monoisotopic (exact) mass is 261 g/mol. The summed E-state index contributed by atoms with van der Waals surface area (Å²) in [5.74, 6) is 0.513. The lowest BCUT2D eigenvalue weighted by atomic mass is 10.1. The molecule has 1 aliphatic carbocycles. The Morgan fingerprint density at radius 2 is 2.47 bits per heavy atom. The van der Waals surface area contributed by atoms with Crippen molar-refractivity contribution in [2.24, 2.45) is 5.92 Å². The topological polar surface area (TPSA) is 54.5 Å². The highest BCUT2D eigenvalue weighted by Gasteiger charge is 2.46. The van der Waals surface area contributed by atoms with Crippen LogP contribution in [0.15, 0.2) is 24.5 Å². The highest BCUT2D eigenvalue weighted by molar-refractivity contribution is 5.75. The van der Waals surface area contributed by atoms with Crippen LogP contribution in [-0.2, 0) is 11.3 Å². The summed E-state index contributed by atoms with van der Waals surface area (Å²) >= 11 is 0. The van der Waals surface area contributed by atoms with Gasteiger partial charge in [-0.3, -0.25) is 4.98 Å². The number of carbonyl (C=O) groups excluding carboxylic acids is 1. The number of urea groups is 1. The first-order chi connectivity index (χ1) is 9.28. The Balaban J connectivity index is 1.53. The molecule has 3 unspecified atom stereocenters. The van der Waals surface area contributed by atoms with Gasteiger partial charge in [0.15, 0.2) is 0 Å². The molecule has 2 fully saturated rings. The number of nitrogens with one attached hydrogen (secondary N) is 1. The highest BCUT2D eigenvalue weighted by Crippen LogP contribution is 2.39. The largest absolute Gasteiger partial charge is 0.381 e. The Morgan fingerprint density at radius 3 is 3.11 bits per heavy atom. The van der Waals surface area contributed by atoms with Crippen LogP contribution >= 0.6 is 0 Å². The fourth-order valence-electron chi connectivity index (χ4n) is 3.23. The van der Waals surface area contributed by atoms with Crippen molar-refractivity contribution in [2.45, 2.75) is 31.5 Å². The standard InChI is InChI=1S/C14H19N3O2/c1-19-13-6-12-5-11(13)9-17(12)14(18)16-8-10-3-2-4-15-7-10/h2-4,7,11-13H,5-6,8-9H2,1H3,(H,16,18). The molecule has 1 aromatic rings. The average molecular weight is 261 g/mol. The van der Waals surface area contributed by atoms with E-state index in [9.17, 15) is 4.79 Å². The molecule has 1 saturated carbocycles. The number of piperidine rings is 1. The number of pyridine rings is 1. The molecule has 3 atom stereocenters. The average Bonchev–Trinajstić information content (AvgIpc) is 3.05. The lowest BCUT2D eigenvalue weighted by Gasteiger charge is -2.30. The smallest absolute Gasteiger partial charge is 0.317 e. The molecule has 3 rings (SSSR count). The van der Waals surface area contributed by atoms with Crippen LogP contribution in [0.5, 0.6) is 0 Å². The first-order valence-electron chi connectivity index (χ1n) is 6.74. The van der Waals surface area contributed by atoms with Crippen molar-refractivity contribution in [2.75, 3.05) is 13.7 Å². The van der Waals surface area contributed by atoms with Gasteiger partial charge in [-0.25, -0.2) is 4.79 Å². The van der Waals surface area contributed by atoms with Crippen molar-refractivity contribution in [3.05, 3.63) is 30.1 Å². The summed E-state index contributed by atoms with van der Waals surface area (Å²) in [6, 6.07) is 4.22. The van der Waals surface area contributed by atoms with E-state index in [1.165, 1.54) is 0 Å². The molecule has 2 heterocycles. The Bertz CT molecular complexity index is 451. The fraction of sp³-hybridized carbons (Fsp3) is 0.571. The van der Waals surface area contributed by atoms with Gasteiger partial charge in [-0.05, 0) is 24.5 Å². The van der Waals surface area contributed by atoms with Crippen LogP contribution in [0.4, 0.5) is 4.79 Å². The van der Waals surface area contributed by atoms with Crippen molar-refractivity contribution < 1.29 is 9.53 Å². The first kappa shape index (κ1) is 12.4. The minimum absolute atomic E-state index is 0.0332. The van der Waals surface area contributed by atoms with Crippen LogP contribution in [0.25, 0.3) is 0 Å². The van der Waals surface area contributed by atoms with E-state index in [2.05, 4.69) is 10.3 Å². The molecule has 1 aromatic heterocycles. The third kappa shape index (κ3) is 2.42. The second-order valence-corrected chi connectivity index (χ2v) is 5.33. The molecule has 0 radical (unpaired) electrons. The van der Waals surface area contributed by atoms with Crippen LogP contribution in [0.1, 0.15) is 18.4 Å². The molecule has 0 spiro atoms. The van der Waals surface area contributed by atoms with Crippen LogP contribution < -0.4 is 5.32 Å². The van der Waals surface area contributed by atoms with Gasteiger partial charge < -0.3 is 15.0 Å². The van der Waals surface area contributed by atoms with E-state index in [0.29, 0.717) is 24.6 Å². The summed E-state index contributed by atoms with van der Waals surface area (Å²) in [5, 5.41) is 2.96. The van der Waals surface area contributed by atoms with Gasteiger partial charge >= 0.3 is 6.03 Å². The molecule has 2 amide bonds. The minimum Gasteiger partial charge on any atom is -0.381 e. The van der Waals surface area contributed by atoms with Crippen LogP contribution in [0.2, 0.25) is 0 Å². The zero-order chi connectivity index (χ0) is 13.2. The molecule has 5 nitrogen and oxygen atoms in total. The quantitative estimate of drug-likeness (QED) is 0.895. The number of fused-ring (bicyclic) bond motifs is 2. The molecular formula is C14H19N3O2. The van der Waals surface area contributed by atoms with Gasteiger partial charge in [-0.2, -0.15) is 0 Å². The molecule has 19 heavy (non-hydrogen) atoms. The molecule has 5 heteroatoms. The molecular weight excluding hydrogens is 242 g/mol. The van der Waals surface area contributed by atoms with E-state index in [1.807, 2.05) is 17.0 Å². The number of nitrogens with zero attached hydrogens (tertiary/aromatic N) is 2. The number of likely N-dealkylation sites (tertiary alicyclic amines) is 1. The molecule has 1 aliphatic heterocycles. The summed E-state index contributed by atoms with van der Waals surface area (Å²) in [7, 11) is 1.76. The molecule has 1 N–H and O–H groups in total. The van der Waals surface area contributed by atoms with E-state index >= 15 is 0 Å². The number of rotatable bonds is 3. The van der Waals surface area contributed by atoms with Crippen LogP contribution in [0, 0.1) is 5.92 Å². The predicted molar refractivity (Wildman–Crippen MR) is 70.5 cm³/mol. The fourth-order valence-corrected chi connectivity index (χ4v) is 3.23. The Labute approximate surface area is 113 Å². The van der Waals surface area contributed by atoms with Crippen molar-refractivity contribution in [3.8, 4) is 0 Å². The second kappa shape index (κ2) is 5.17. The number of methoxy groups -OCH3 is 1. The van der Waals surface area contributed by atoms with Crippen LogP contribution in [-0.4, -0.2) is 41.7 Å². The van der Waals surface area contributed by atoms with E-state index in [0.717, 1.165) is 24.9 Å². The van der Waals surface area contributed by atoms with E-state index in [4.69, 9.17) is 4.74 Å². The summed E-state index contributed by atoms with van der Waals surface area (Å²) in [5.41, 5.74) is 1.02. The van der Waals surface area contributed by atoms with Gasteiger partial charge in [0.1, 0.15) is 0 Å². The molecule has 0 aromatic carbocycles. The maximum atomic E-state index is 12.2.